The first kappa shape index (κ1) is 19.3. The molecule has 2 aromatic carbocycles. The Balaban J connectivity index is 1.32. The van der Waals surface area contributed by atoms with Gasteiger partial charge in [-0.1, -0.05) is 35.5 Å². The molecule has 0 unspecified atom stereocenters. The SMILES string of the molecule is COc1ccccc1OCc1nnc(SCc2nnc(-c3ccc(Cl)cc3)o2)o1. The summed E-state index contributed by atoms with van der Waals surface area (Å²) in [5.41, 5.74) is 0.798. The molecule has 29 heavy (non-hydrogen) atoms. The molecule has 0 saturated heterocycles. The number of para-hydroxylation sites is 2. The van der Waals surface area contributed by atoms with E-state index in [0.29, 0.717) is 45.2 Å². The smallest absolute Gasteiger partial charge is 0.277 e. The summed E-state index contributed by atoms with van der Waals surface area (Å²) in [6.45, 7) is 0.134. The minimum Gasteiger partial charge on any atom is -0.493 e. The van der Waals surface area contributed by atoms with Crippen LogP contribution in [0.3, 0.4) is 0 Å². The quantitative estimate of drug-likeness (QED) is 0.370. The normalized spacial score (nSPS) is 10.8. The Labute approximate surface area is 175 Å². The second-order valence-corrected chi connectivity index (χ2v) is 7.06. The van der Waals surface area contributed by atoms with E-state index in [1.807, 2.05) is 30.3 Å². The first-order valence-corrected chi connectivity index (χ1v) is 9.87. The summed E-state index contributed by atoms with van der Waals surface area (Å²) in [5.74, 6) is 2.86. The first-order valence-electron chi connectivity index (χ1n) is 8.50. The van der Waals surface area contributed by atoms with Crippen LogP contribution in [0, 0.1) is 0 Å². The van der Waals surface area contributed by atoms with Gasteiger partial charge in [-0.15, -0.1) is 20.4 Å². The van der Waals surface area contributed by atoms with E-state index in [1.165, 1.54) is 11.8 Å². The standard InChI is InChI=1S/C19H15ClN4O4S/c1-25-14-4-2-3-5-15(14)26-10-16-21-24-19(28-16)29-11-17-22-23-18(27-17)12-6-8-13(20)9-7-12/h2-9H,10-11H2,1H3. The lowest BCUT2D eigenvalue weighted by Crippen LogP contribution is -1.97. The lowest BCUT2D eigenvalue weighted by molar-refractivity contribution is 0.241. The number of benzene rings is 2. The highest BCUT2D eigenvalue weighted by atomic mass is 35.5. The van der Waals surface area contributed by atoms with E-state index in [0.717, 1.165) is 5.56 Å². The molecule has 0 fully saturated rings. The highest BCUT2D eigenvalue weighted by Crippen LogP contribution is 2.28. The lowest BCUT2D eigenvalue weighted by Gasteiger charge is -2.07. The summed E-state index contributed by atoms with van der Waals surface area (Å²) >= 11 is 7.18. The molecular weight excluding hydrogens is 416 g/mol. The average molecular weight is 431 g/mol. The van der Waals surface area contributed by atoms with Crippen molar-refractivity contribution in [2.24, 2.45) is 0 Å². The van der Waals surface area contributed by atoms with Gasteiger partial charge in [-0.2, -0.15) is 0 Å². The Morgan fingerprint density at radius 1 is 0.897 bits per heavy atom. The predicted molar refractivity (Wildman–Crippen MR) is 106 cm³/mol. The Morgan fingerprint density at radius 2 is 1.66 bits per heavy atom. The van der Waals surface area contributed by atoms with Gasteiger partial charge in [0, 0.05) is 10.6 Å². The van der Waals surface area contributed by atoms with Crippen molar-refractivity contribution < 1.29 is 18.3 Å². The van der Waals surface area contributed by atoms with Crippen molar-refractivity contribution in [2.45, 2.75) is 17.6 Å². The minimum atomic E-state index is 0.134. The van der Waals surface area contributed by atoms with Crippen molar-refractivity contribution in [1.29, 1.82) is 0 Å². The zero-order valence-electron chi connectivity index (χ0n) is 15.2. The molecule has 0 N–H and O–H groups in total. The maximum Gasteiger partial charge on any atom is 0.277 e. The highest BCUT2D eigenvalue weighted by Gasteiger charge is 2.13. The topological polar surface area (TPSA) is 96.3 Å². The number of thioether (sulfide) groups is 1. The van der Waals surface area contributed by atoms with Crippen molar-refractivity contribution in [3.8, 4) is 23.0 Å². The van der Waals surface area contributed by atoms with Gasteiger partial charge in [-0.3, -0.25) is 0 Å². The summed E-state index contributed by atoms with van der Waals surface area (Å²) in [4.78, 5) is 0. The van der Waals surface area contributed by atoms with Gasteiger partial charge in [0.2, 0.25) is 11.8 Å². The zero-order valence-corrected chi connectivity index (χ0v) is 16.8. The second kappa shape index (κ2) is 8.97. The van der Waals surface area contributed by atoms with E-state index in [1.54, 1.807) is 25.3 Å². The lowest BCUT2D eigenvalue weighted by atomic mass is 10.2. The Kier molecular flexibility index (Phi) is 5.97. The Bertz CT molecular complexity index is 1080. The molecule has 4 aromatic rings. The van der Waals surface area contributed by atoms with Crippen LogP contribution in [0.1, 0.15) is 11.8 Å². The van der Waals surface area contributed by atoms with Crippen LogP contribution in [0.2, 0.25) is 5.02 Å². The van der Waals surface area contributed by atoms with Gasteiger partial charge in [0.15, 0.2) is 18.1 Å². The highest BCUT2D eigenvalue weighted by molar-refractivity contribution is 7.98. The number of methoxy groups -OCH3 is 1. The van der Waals surface area contributed by atoms with E-state index < -0.39 is 0 Å². The Morgan fingerprint density at radius 3 is 2.45 bits per heavy atom. The molecule has 0 atom stereocenters. The maximum atomic E-state index is 5.89. The van der Waals surface area contributed by atoms with Gasteiger partial charge < -0.3 is 18.3 Å². The van der Waals surface area contributed by atoms with Crippen molar-refractivity contribution in [1.82, 2.24) is 20.4 Å². The second-order valence-electron chi connectivity index (χ2n) is 5.70. The van der Waals surface area contributed by atoms with Crippen LogP contribution in [0.15, 0.2) is 62.6 Å². The molecule has 0 aliphatic rings. The third-order valence-corrected chi connectivity index (χ3v) is 4.80. The number of halogens is 1. The van der Waals surface area contributed by atoms with Crippen LogP contribution in [0.4, 0.5) is 0 Å². The van der Waals surface area contributed by atoms with Gasteiger partial charge in [0.25, 0.3) is 11.1 Å². The molecule has 0 radical (unpaired) electrons. The number of rotatable bonds is 8. The molecule has 2 heterocycles. The van der Waals surface area contributed by atoms with Crippen molar-refractivity contribution >= 4 is 23.4 Å². The van der Waals surface area contributed by atoms with Crippen LogP contribution in [0.25, 0.3) is 11.5 Å². The number of aromatic nitrogens is 4. The number of nitrogens with zero attached hydrogens (tertiary/aromatic N) is 4. The summed E-state index contributed by atoms with van der Waals surface area (Å²) in [7, 11) is 1.58. The number of ether oxygens (including phenoxy) is 2. The van der Waals surface area contributed by atoms with Crippen LogP contribution < -0.4 is 9.47 Å². The molecule has 4 rings (SSSR count). The van der Waals surface area contributed by atoms with Crippen LogP contribution in [-0.2, 0) is 12.4 Å². The van der Waals surface area contributed by atoms with Crippen LogP contribution in [-0.4, -0.2) is 27.5 Å². The van der Waals surface area contributed by atoms with Crippen molar-refractivity contribution in [3.63, 3.8) is 0 Å². The monoisotopic (exact) mass is 430 g/mol. The molecular formula is C19H15ClN4O4S. The van der Waals surface area contributed by atoms with E-state index in [9.17, 15) is 0 Å². The first-order chi connectivity index (χ1) is 14.2. The largest absolute Gasteiger partial charge is 0.493 e. The minimum absolute atomic E-state index is 0.134. The van der Waals surface area contributed by atoms with Gasteiger partial charge in [-0.05, 0) is 36.4 Å². The fraction of sp³-hybridized carbons (Fsp3) is 0.158. The molecule has 0 bridgehead atoms. The van der Waals surface area contributed by atoms with Crippen molar-refractivity contribution in [2.75, 3.05) is 7.11 Å². The van der Waals surface area contributed by atoms with E-state index in [-0.39, 0.29) is 6.61 Å². The van der Waals surface area contributed by atoms with E-state index >= 15 is 0 Å². The molecule has 0 saturated carbocycles. The van der Waals surface area contributed by atoms with Gasteiger partial charge in [0.05, 0.1) is 12.9 Å². The zero-order chi connectivity index (χ0) is 20.1. The molecule has 148 valence electrons. The molecule has 0 spiro atoms. The summed E-state index contributed by atoms with van der Waals surface area (Å²) in [6.07, 6.45) is 0. The fourth-order valence-electron chi connectivity index (χ4n) is 2.38. The fourth-order valence-corrected chi connectivity index (χ4v) is 3.12. The summed E-state index contributed by atoms with van der Waals surface area (Å²) in [5, 5.41) is 17.1. The van der Waals surface area contributed by atoms with Gasteiger partial charge >= 0.3 is 0 Å². The molecule has 2 aromatic heterocycles. The summed E-state index contributed by atoms with van der Waals surface area (Å²) in [6, 6.07) is 14.5. The molecule has 0 aliphatic heterocycles. The molecule has 0 aliphatic carbocycles. The van der Waals surface area contributed by atoms with Crippen LogP contribution in [0.5, 0.6) is 11.5 Å². The Hall–Kier alpha value is -3.04. The summed E-state index contributed by atoms with van der Waals surface area (Å²) < 4.78 is 22.1. The third kappa shape index (κ3) is 4.87. The van der Waals surface area contributed by atoms with Crippen molar-refractivity contribution in [3.05, 3.63) is 65.3 Å². The average Bonchev–Trinajstić information content (AvgIpc) is 3.41. The van der Waals surface area contributed by atoms with Crippen LogP contribution >= 0.6 is 23.4 Å². The van der Waals surface area contributed by atoms with E-state index in [4.69, 9.17) is 29.9 Å². The van der Waals surface area contributed by atoms with E-state index in [2.05, 4.69) is 20.4 Å². The van der Waals surface area contributed by atoms with Gasteiger partial charge in [-0.25, -0.2) is 0 Å². The number of hydrogen-bond acceptors (Lipinski definition) is 9. The molecule has 10 heteroatoms. The molecule has 0 amide bonds. The predicted octanol–water partition coefficient (Wildman–Crippen LogP) is 4.65. The third-order valence-electron chi connectivity index (χ3n) is 3.75. The maximum absolute atomic E-state index is 5.89. The number of hydrogen-bond donors (Lipinski definition) is 0. The molecule has 8 nitrogen and oxygen atoms in total. The van der Waals surface area contributed by atoms with Gasteiger partial charge in [0.1, 0.15) is 0 Å².